The molecule has 1 amide bonds. The Morgan fingerprint density at radius 1 is 1.43 bits per heavy atom. The molecule has 1 aliphatic heterocycles. The molecule has 1 N–H and O–H groups in total. The van der Waals surface area contributed by atoms with E-state index in [4.69, 9.17) is 0 Å². The number of amides is 1. The molecule has 14 heavy (non-hydrogen) atoms. The van der Waals surface area contributed by atoms with Crippen LogP contribution >= 0.6 is 0 Å². The highest BCUT2D eigenvalue weighted by molar-refractivity contribution is 6.03. The van der Waals surface area contributed by atoms with E-state index in [2.05, 4.69) is 17.1 Å². The van der Waals surface area contributed by atoms with Crippen LogP contribution in [0.1, 0.15) is 13.8 Å². The Bertz CT molecular complexity index is 362. The summed E-state index contributed by atoms with van der Waals surface area (Å²) in [4.78, 5) is 13.7. The number of nitrogens with zero attached hydrogens (tertiary/aromatic N) is 1. The summed E-state index contributed by atoms with van der Waals surface area (Å²) in [7, 11) is 0. The van der Waals surface area contributed by atoms with E-state index in [1.807, 2.05) is 31.2 Å². The molecule has 0 fully saturated rings. The van der Waals surface area contributed by atoms with Crippen molar-refractivity contribution in [2.75, 3.05) is 16.8 Å². The first-order valence-electron chi connectivity index (χ1n) is 4.90. The van der Waals surface area contributed by atoms with Crippen LogP contribution in [0.4, 0.5) is 11.4 Å². The summed E-state index contributed by atoms with van der Waals surface area (Å²) in [6.07, 6.45) is 0. The highest BCUT2D eigenvalue weighted by Crippen LogP contribution is 2.30. The molecule has 0 bridgehead atoms. The van der Waals surface area contributed by atoms with E-state index < -0.39 is 0 Å². The van der Waals surface area contributed by atoms with Gasteiger partial charge in [-0.05, 0) is 26.0 Å². The number of likely N-dealkylation sites (N-methyl/N-ethyl adjacent to an activating group) is 1. The summed E-state index contributed by atoms with van der Waals surface area (Å²) in [5, 5.41) is 2.89. The van der Waals surface area contributed by atoms with Gasteiger partial charge in [0.25, 0.3) is 0 Å². The smallest absolute Gasteiger partial charge is 0.246 e. The van der Waals surface area contributed by atoms with E-state index >= 15 is 0 Å². The van der Waals surface area contributed by atoms with E-state index in [1.165, 1.54) is 0 Å². The third-order valence-corrected chi connectivity index (χ3v) is 2.66. The van der Waals surface area contributed by atoms with Gasteiger partial charge in [0.15, 0.2) is 0 Å². The van der Waals surface area contributed by atoms with Crippen molar-refractivity contribution in [1.29, 1.82) is 0 Å². The number of carbonyl (C=O) groups excluding carboxylic acids is 1. The van der Waals surface area contributed by atoms with Gasteiger partial charge in [-0.25, -0.2) is 0 Å². The van der Waals surface area contributed by atoms with Crippen LogP contribution in [0.5, 0.6) is 0 Å². The third-order valence-electron chi connectivity index (χ3n) is 2.66. The molecule has 0 aromatic heterocycles. The van der Waals surface area contributed by atoms with E-state index in [0.717, 1.165) is 17.9 Å². The standard InChI is InChI=1S/C11H14N2O/c1-3-13-8(2)11(14)12-9-6-4-5-7-10(9)13/h4-8H,3H2,1-2H3,(H,12,14). The topological polar surface area (TPSA) is 32.3 Å². The van der Waals surface area contributed by atoms with Crippen molar-refractivity contribution in [3.63, 3.8) is 0 Å². The van der Waals surface area contributed by atoms with Crippen molar-refractivity contribution >= 4 is 17.3 Å². The summed E-state index contributed by atoms with van der Waals surface area (Å²) >= 11 is 0. The minimum atomic E-state index is -0.0742. The van der Waals surface area contributed by atoms with Gasteiger partial charge < -0.3 is 10.2 Å². The van der Waals surface area contributed by atoms with Crippen molar-refractivity contribution in [2.24, 2.45) is 0 Å². The van der Waals surface area contributed by atoms with Gasteiger partial charge in [-0.3, -0.25) is 4.79 Å². The zero-order chi connectivity index (χ0) is 10.1. The molecule has 0 saturated heterocycles. The fourth-order valence-electron chi connectivity index (χ4n) is 1.86. The molecule has 0 radical (unpaired) electrons. The lowest BCUT2D eigenvalue weighted by molar-refractivity contribution is -0.117. The number of anilines is 2. The second kappa shape index (κ2) is 3.33. The van der Waals surface area contributed by atoms with Crippen molar-refractivity contribution in [3.05, 3.63) is 24.3 Å². The Kier molecular flexibility index (Phi) is 2.15. The monoisotopic (exact) mass is 190 g/mol. The number of hydrogen-bond donors (Lipinski definition) is 1. The molecule has 1 unspecified atom stereocenters. The van der Waals surface area contributed by atoms with Crippen LogP contribution in [0.15, 0.2) is 24.3 Å². The number of fused-ring (bicyclic) bond motifs is 1. The number of carbonyl (C=O) groups is 1. The molecular formula is C11H14N2O. The average Bonchev–Trinajstić information content (AvgIpc) is 2.20. The predicted molar refractivity (Wildman–Crippen MR) is 57.6 cm³/mol. The van der Waals surface area contributed by atoms with Crippen LogP contribution in [-0.2, 0) is 4.79 Å². The van der Waals surface area contributed by atoms with Crippen molar-refractivity contribution in [3.8, 4) is 0 Å². The molecule has 1 atom stereocenters. The largest absolute Gasteiger partial charge is 0.358 e. The van der Waals surface area contributed by atoms with Gasteiger partial charge in [0.1, 0.15) is 6.04 Å². The zero-order valence-corrected chi connectivity index (χ0v) is 8.45. The summed E-state index contributed by atoms with van der Waals surface area (Å²) in [6.45, 7) is 4.84. The summed E-state index contributed by atoms with van der Waals surface area (Å²) in [5.74, 6) is 0.0746. The highest BCUT2D eigenvalue weighted by Gasteiger charge is 2.27. The minimum absolute atomic E-state index is 0.0742. The first-order valence-corrected chi connectivity index (χ1v) is 4.90. The maximum Gasteiger partial charge on any atom is 0.246 e. The second-order valence-electron chi connectivity index (χ2n) is 3.47. The molecule has 1 aliphatic rings. The van der Waals surface area contributed by atoms with Gasteiger partial charge in [0.2, 0.25) is 5.91 Å². The molecule has 1 aromatic carbocycles. The number of benzene rings is 1. The van der Waals surface area contributed by atoms with E-state index in [0.29, 0.717) is 0 Å². The molecule has 0 aliphatic carbocycles. The average molecular weight is 190 g/mol. The Morgan fingerprint density at radius 3 is 2.86 bits per heavy atom. The molecular weight excluding hydrogens is 176 g/mol. The van der Waals surface area contributed by atoms with E-state index in [9.17, 15) is 4.79 Å². The van der Waals surface area contributed by atoms with Gasteiger partial charge in [-0.2, -0.15) is 0 Å². The lowest BCUT2D eigenvalue weighted by Crippen LogP contribution is -2.46. The molecule has 1 aromatic rings. The van der Waals surface area contributed by atoms with Crippen molar-refractivity contribution in [1.82, 2.24) is 0 Å². The van der Waals surface area contributed by atoms with Gasteiger partial charge in [0.05, 0.1) is 11.4 Å². The number of nitrogens with one attached hydrogen (secondary N) is 1. The number of hydrogen-bond acceptors (Lipinski definition) is 2. The molecule has 3 heteroatoms. The maximum atomic E-state index is 11.6. The maximum absolute atomic E-state index is 11.6. The van der Waals surface area contributed by atoms with Gasteiger partial charge >= 0.3 is 0 Å². The molecule has 1 heterocycles. The first-order chi connectivity index (χ1) is 6.74. The lowest BCUT2D eigenvalue weighted by atomic mass is 10.1. The SMILES string of the molecule is CCN1c2ccccc2NC(=O)C1C. The van der Waals surface area contributed by atoms with Crippen LogP contribution < -0.4 is 10.2 Å². The Balaban J connectivity index is 2.47. The Labute approximate surface area is 83.7 Å². The van der Waals surface area contributed by atoms with Gasteiger partial charge in [-0.15, -0.1) is 0 Å². The Morgan fingerprint density at radius 2 is 2.14 bits per heavy atom. The van der Waals surface area contributed by atoms with Crippen LogP contribution in [0, 0.1) is 0 Å². The second-order valence-corrected chi connectivity index (χ2v) is 3.47. The number of para-hydroxylation sites is 2. The highest BCUT2D eigenvalue weighted by atomic mass is 16.2. The Hall–Kier alpha value is -1.51. The van der Waals surface area contributed by atoms with Crippen LogP contribution in [0.25, 0.3) is 0 Å². The molecule has 3 nitrogen and oxygen atoms in total. The molecule has 74 valence electrons. The summed E-state index contributed by atoms with van der Waals surface area (Å²) in [5.41, 5.74) is 2.03. The molecule has 0 spiro atoms. The summed E-state index contributed by atoms with van der Waals surface area (Å²) < 4.78 is 0. The fraction of sp³-hybridized carbons (Fsp3) is 0.364. The molecule has 2 rings (SSSR count). The fourth-order valence-corrected chi connectivity index (χ4v) is 1.86. The minimum Gasteiger partial charge on any atom is -0.358 e. The summed E-state index contributed by atoms with van der Waals surface area (Å²) in [6, 6.07) is 7.82. The van der Waals surface area contributed by atoms with E-state index in [1.54, 1.807) is 0 Å². The van der Waals surface area contributed by atoms with Crippen molar-refractivity contribution < 1.29 is 4.79 Å². The lowest BCUT2D eigenvalue weighted by Gasteiger charge is -2.35. The van der Waals surface area contributed by atoms with E-state index in [-0.39, 0.29) is 11.9 Å². The van der Waals surface area contributed by atoms with Crippen molar-refractivity contribution in [2.45, 2.75) is 19.9 Å². The van der Waals surface area contributed by atoms with Crippen LogP contribution in [-0.4, -0.2) is 18.5 Å². The molecule has 0 saturated carbocycles. The van der Waals surface area contributed by atoms with Gasteiger partial charge in [0, 0.05) is 6.54 Å². The third kappa shape index (κ3) is 1.25. The van der Waals surface area contributed by atoms with Crippen LogP contribution in [0.2, 0.25) is 0 Å². The first kappa shape index (κ1) is 9.06. The predicted octanol–water partition coefficient (Wildman–Crippen LogP) is 1.85. The quantitative estimate of drug-likeness (QED) is 0.733. The number of rotatable bonds is 1. The zero-order valence-electron chi connectivity index (χ0n) is 8.45. The normalized spacial score (nSPS) is 20.3. The van der Waals surface area contributed by atoms with Crippen LogP contribution in [0.3, 0.4) is 0 Å². The van der Waals surface area contributed by atoms with Gasteiger partial charge in [-0.1, -0.05) is 12.1 Å².